The molecule has 0 N–H and O–H groups in total. The molecule has 0 aliphatic heterocycles. The molecule has 2 aromatic rings. The van der Waals surface area contributed by atoms with E-state index in [0.29, 0.717) is 6.61 Å². The Hall–Kier alpha value is -1.60. The maximum Gasteiger partial charge on any atom is 0.0720 e. The summed E-state index contributed by atoms with van der Waals surface area (Å²) in [5.74, 6) is 0. The summed E-state index contributed by atoms with van der Waals surface area (Å²) in [5.41, 5.74) is 3.93. The highest BCUT2D eigenvalue weighted by molar-refractivity contribution is 5.28. The lowest BCUT2D eigenvalue weighted by Crippen LogP contribution is -2.02. The topological polar surface area (TPSA) is 9.23 Å². The van der Waals surface area contributed by atoms with Crippen molar-refractivity contribution >= 4 is 0 Å². The predicted molar refractivity (Wildman–Crippen MR) is 75.6 cm³/mol. The van der Waals surface area contributed by atoms with Gasteiger partial charge in [0, 0.05) is 0 Å². The van der Waals surface area contributed by atoms with Crippen LogP contribution in [0.4, 0.5) is 0 Å². The molecule has 94 valence electrons. The molecule has 0 saturated carbocycles. The SMILES string of the molecule is CC(C)OCc1ccc(Cc2ccccc2)cc1. The Balaban J connectivity index is 1.95. The Morgan fingerprint density at radius 3 is 1.94 bits per heavy atom. The summed E-state index contributed by atoms with van der Waals surface area (Å²) in [6, 6.07) is 19.2. The molecule has 2 rings (SSSR count). The van der Waals surface area contributed by atoms with Gasteiger partial charge in [0.15, 0.2) is 0 Å². The minimum absolute atomic E-state index is 0.286. The van der Waals surface area contributed by atoms with Crippen molar-refractivity contribution in [3.8, 4) is 0 Å². The van der Waals surface area contributed by atoms with E-state index in [4.69, 9.17) is 4.74 Å². The highest BCUT2D eigenvalue weighted by atomic mass is 16.5. The third kappa shape index (κ3) is 4.01. The molecule has 0 atom stereocenters. The van der Waals surface area contributed by atoms with Crippen LogP contribution in [0, 0.1) is 0 Å². The van der Waals surface area contributed by atoms with E-state index in [0.717, 1.165) is 6.42 Å². The molecule has 18 heavy (non-hydrogen) atoms. The molecule has 0 aliphatic rings. The minimum atomic E-state index is 0.286. The van der Waals surface area contributed by atoms with E-state index in [9.17, 15) is 0 Å². The van der Waals surface area contributed by atoms with Crippen LogP contribution in [0.1, 0.15) is 30.5 Å². The summed E-state index contributed by atoms with van der Waals surface area (Å²) >= 11 is 0. The quantitative estimate of drug-likeness (QED) is 0.761. The van der Waals surface area contributed by atoms with Gasteiger partial charge in [-0.05, 0) is 37.0 Å². The maximum absolute atomic E-state index is 5.59. The van der Waals surface area contributed by atoms with Crippen molar-refractivity contribution in [2.75, 3.05) is 0 Å². The van der Waals surface area contributed by atoms with Crippen molar-refractivity contribution < 1.29 is 4.74 Å². The standard InChI is InChI=1S/C17H20O/c1-14(2)18-13-17-10-8-16(9-11-17)12-15-6-4-3-5-7-15/h3-11,14H,12-13H2,1-2H3. The fourth-order valence-corrected chi connectivity index (χ4v) is 1.85. The highest BCUT2D eigenvalue weighted by Gasteiger charge is 1.98. The van der Waals surface area contributed by atoms with Crippen LogP contribution < -0.4 is 0 Å². The monoisotopic (exact) mass is 240 g/mol. The van der Waals surface area contributed by atoms with Gasteiger partial charge < -0.3 is 4.74 Å². The largest absolute Gasteiger partial charge is 0.374 e. The molecule has 0 bridgehead atoms. The van der Waals surface area contributed by atoms with Gasteiger partial charge in [-0.1, -0.05) is 54.6 Å². The van der Waals surface area contributed by atoms with Gasteiger partial charge in [-0.15, -0.1) is 0 Å². The Labute approximate surface area is 109 Å². The van der Waals surface area contributed by atoms with Gasteiger partial charge in [-0.2, -0.15) is 0 Å². The first kappa shape index (κ1) is 12.8. The molecule has 0 aliphatic carbocycles. The van der Waals surface area contributed by atoms with Gasteiger partial charge >= 0.3 is 0 Å². The van der Waals surface area contributed by atoms with Crippen LogP contribution in [0.25, 0.3) is 0 Å². The van der Waals surface area contributed by atoms with E-state index in [1.165, 1.54) is 16.7 Å². The third-order valence-corrected chi connectivity index (χ3v) is 2.86. The predicted octanol–water partition coefficient (Wildman–Crippen LogP) is 4.20. The number of ether oxygens (including phenoxy) is 1. The van der Waals surface area contributed by atoms with E-state index in [2.05, 4.69) is 68.4 Å². The lowest BCUT2D eigenvalue weighted by Gasteiger charge is -2.08. The van der Waals surface area contributed by atoms with E-state index in [1.54, 1.807) is 0 Å². The third-order valence-electron chi connectivity index (χ3n) is 2.86. The van der Waals surface area contributed by atoms with Crippen molar-refractivity contribution in [2.45, 2.75) is 33.0 Å². The van der Waals surface area contributed by atoms with Crippen LogP contribution >= 0.6 is 0 Å². The second kappa shape index (κ2) is 6.36. The molecule has 0 heterocycles. The lowest BCUT2D eigenvalue weighted by atomic mass is 10.0. The molecule has 1 nitrogen and oxygen atoms in total. The van der Waals surface area contributed by atoms with Crippen LogP contribution in [-0.4, -0.2) is 6.10 Å². The summed E-state index contributed by atoms with van der Waals surface area (Å²) in [6.45, 7) is 4.82. The van der Waals surface area contributed by atoms with Crippen LogP contribution in [0.2, 0.25) is 0 Å². The first-order valence-electron chi connectivity index (χ1n) is 6.47. The Morgan fingerprint density at radius 2 is 1.33 bits per heavy atom. The number of hydrogen-bond donors (Lipinski definition) is 0. The summed E-state index contributed by atoms with van der Waals surface area (Å²) < 4.78 is 5.59. The van der Waals surface area contributed by atoms with Gasteiger partial charge in [0.25, 0.3) is 0 Å². The molecule has 0 saturated heterocycles. The van der Waals surface area contributed by atoms with E-state index in [-0.39, 0.29) is 6.10 Å². The van der Waals surface area contributed by atoms with Crippen LogP contribution in [-0.2, 0) is 17.8 Å². The summed E-state index contributed by atoms with van der Waals surface area (Å²) in [6.07, 6.45) is 1.28. The zero-order valence-electron chi connectivity index (χ0n) is 11.1. The summed E-state index contributed by atoms with van der Waals surface area (Å²) in [5, 5.41) is 0. The van der Waals surface area contributed by atoms with Crippen LogP contribution in [0.3, 0.4) is 0 Å². The normalized spacial score (nSPS) is 10.8. The zero-order valence-corrected chi connectivity index (χ0v) is 11.1. The smallest absolute Gasteiger partial charge is 0.0720 e. The average Bonchev–Trinajstić information content (AvgIpc) is 2.39. The average molecular weight is 240 g/mol. The van der Waals surface area contributed by atoms with Crippen molar-refractivity contribution in [3.05, 3.63) is 71.3 Å². The summed E-state index contributed by atoms with van der Waals surface area (Å²) in [7, 11) is 0. The van der Waals surface area contributed by atoms with Crippen LogP contribution in [0.15, 0.2) is 54.6 Å². The highest BCUT2D eigenvalue weighted by Crippen LogP contribution is 2.11. The number of rotatable bonds is 5. The van der Waals surface area contributed by atoms with Gasteiger partial charge in [0.05, 0.1) is 12.7 Å². The minimum Gasteiger partial charge on any atom is -0.374 e. The number of benzene rings is 2. The van der Waals surface area contributed by atoms with E-state index in [1.807, 2.05) is 0 Å². The molecule has 0 aromatic heterocycles. The van der Waals surface area contributed by atoms with Gasteiger partial charge in [0.1, 0.15) is 0 Å². The Morgan fingerprint density at radius 1 is 0.778 bits per heavy atom. The fourth-order valence-electron chi connectivity index (χ4n) is 1.85. The van der Waals surface area contributed by atoms with Gasteiger partial charge in [0.2, 0.25) is 0 Å². The molecule has 2 aromatic carbocycles. The second-order valence-electron chi connectivity index (χ2n) is 4.84. The van der Waals surface area contributed by atoms with Crippen molar-refractivity contribution in [3.63, 3.8) is 0 Å². The molecular formula is C17H20O. The molecule has 0 amide bonds. The molecule has 0 radical (unpaired) electrons. The van der Waals surface area contributed by atoms with E-state index < -0.39 is 0 Å². The lowest BCUT2D eigenvalue weighted by molar-refractivity contribution is 0.0657. The fraction of sp³-hybridized carbons (Fsp3) is 0.294. The van der Waals surface area contributed by atoms with Gasteiger partial charge in [-0.25, -0.2) is 0 Å². The van der Waals surface area contributed by atoms with Crippen molar-refractivity contribution in [2.24, 2.45) is 0 Å². The van der Waals surface area contributed by atoms with Crippen LogP contribution in [0.5, 0.6) is 0 Å². The molecular weight excluding hydrogens is 220 g/mol. The van der Waals surface area contributed by atoms with Crippen molar-refractivity contribution in [1.29, 1.82) is 0 Å². The Kier molecular flexibility index (Phi) is 4.54. The number of hydrogen-bond acceptors (Lipinski definition) is 1. The molecule has 0 unspecified atom stereocenters. The first-order chi connectivity index (χ1) is 8.74. The maximum atomic E-state index is 5.59. The Bertz CT molecular complexity index is 457. The molecule has 0 spiro atoms. The first-order valence-corrected chi connectivity index (χ1v) is 6.47. The van der Waals surface area contributed by atoms with E-state index >= 15 is 0 Å². The summed E-state index contributed by atoms with van der Waals surface area (Å²) in [4.78, 5) is 0. The van der Waals surface area contributed by atoms with Crippen molar-refractivity contribution in [1.82, 2.24) is 0 Å². The zero-order chi connectivity index (χ0) is 12.8. The molecule has 1 heteroatoms. The van der Waals surface area contributed by atoms with Gasteiger partial charge in [-0.3, -0.25) is 0 Å². The second-order valence-corrected chi connectivity index (χ2v) is 4.84. The molecule has 0 fully saturated rings.